The van der Waals surface area contributed by atoms with Gasteiger partial charge in [-0.2, -0.15) is 11.8 Å². The summed E-state index contributed by atoms with van der Waals surface area (Å²) in [5.41, 5.74) is 1.14. The molecule has 5 heteroatoms. The highest BCUT2D eigenvalue weighted by Crippen LogP contribution is 2.20. The molecule has 100 valence electrons. The van der Waals surface area contributed by atoms with E-state index in [4.69, 9.17) is 5.11 Å². The van der Waals surface area contributed by atoms with Gasteiger partial charge in [0.05, 0.1) is 11.1 Å². The van der Waals surface area contributed by atoms with E-state index >= 15 is 0 Å². The van der Waals surface area contributed by atoms with E-state index in [2.05, 4.69) is 23.7 Å². The van der Waals surface area contributed by atoms with Crippen molar-refractivity contribution in [2.24, 2.45) is 0 Å². The van der Waals surface area contributed by atoms with Gasteiger partial charge < -0.3 is 10.0 Å². The first kappa shape index (κ1) is 13.9. The molecule has 1 aromatic rings. The second-order valence-electron chi connectivity index (χ2n) is 4.31. The molecule has 2 heterocycles. The van der Waals surface area contributed by atoms with E-state index in [0.29, 0.717) is 16.4 Å². The molecule has 0 saturated carbocycles. The molecule has 1 saturated heterocycles. The molecule has 19 heavy (non-hydrogen) atoms. The highest BCUT2D eigenvalue weighted by molar-refractivity contribution is 7.99. The molecule has 1 fully saturated rings. The van der Waals surface area contributed by atoms with Gasteiger partial charge in [0, 0.05) is 36.5 Å². The lowest BCUT2D eigenvalue weighted by Crippen LogP contribution is -2.41. The summed E-state index contributed by atoms with van der Waals surface area (Å²) in [6.07, 6.45) is 3.16. The molecular weight excluding hydrogens is 260 g/mol. The van der Waals surface area contributed by atoms with Crippen molar-refractivity contribution >= 4 is 17.7 Å². The van der Waals surface area contributed by atoms with Gasteiger partial charge >= 0.3 is 0 Å². The molecule has 0 aromatic carbocycles. The number of carbonyl (C=O) groups excluding carboxylic acids is 1. The van der Waals surface area contributed by atoms with Crippen LogP contribution in [0.5, 0.6) is 0 Å². The Bertz CT molecular complexity index is 522. The summed E-state index contributed by atoms with van der Waals surface area (Å²) in [4.78, 5) is 18.3. The third kappa shape index (κ3) is 3.49. The average Bonchev–Trinajstić information content (AvgIpc) is 2.44. The molecule has 0 aliphatic carbocycles. The maximum absolute atomic E-state index is 12.5. The first-order chi connectivity index (χ1) is 9.22. The van der Waals surface area contributed by atoms with E-state index in [1.54, 1.807) is 18.5 Å². The van der Waals surface area contributed by atoms with Crippen molar-refractivity contribution in [2.75, 3.05) is 25.4 Å². The molecule has 1 N–H and O–H groups in total. The van der Waals surface area contributed by atoms with Crippen LogP contribution < -0.4 is 0 Å². The zero-order valence-electron chi connectivity index (χ0n) is 10.8. The first-order valence-electron chi connectivity index (χ1n) is 6.17. The molecule has 0 spiro atoms. The van der Waals surface area contributed by atoms with Gasteiger partial charge in [-0.05, 0) is 6.07 Å². The zero-order chi connectivity index (χ0) is 13.7. The van der Waals surface area contributed by atoms with Crippen LogP contribution in [0.2, 0.25) is 0 Å². The van der Waals surface area contributed by atoms with Crippen molar-refractivity contribution in [3.05, 3.63) is 29.6 Å². The van der Waals surface area contributed by atoms with E-state index in [1.165, 1.54) is 0 Å². The summed E-state index contributed by atoms with van der Waals surface area (Å²) in [6.45, 7) is 3.44. The third-order valence-corrected chi connectivity index (χ3v) is 4.02. The fourth-order valence-electron chi connectivity index (χ4n) is 1.99. The normalized spacial score (nSPS) is 18.6. The molecule has 0 radical (unpaired) electrons. The second-order valence-corrected chi connectivity index (χ2v) is 5.86. The van der Waals surface area contributed by atoms with Crippen molar-refractivity contribution in [3.8, 4) is 11.8 Å². The van der Waals surface area contributed by atoms with E-state index in [0.717, 1.165) is 18.8 Å². The molecule has 0 bridgehead atoms. The van der Waals surface area contributed by atoms with Crippen LogP contribution in [-0.2, 0) is 0 Å². The van der Waals surface area contributed by atoms with E-state index < -0.39 is 0 Å². The Hall–Kier alpha value is -1.51. The van der Waals surface area contributed by atoms with Gasteiger partial charge in [0.15, 0.2) is 0 Å². The largest absolute Gasteiger partial charge is 0.384 e. The smallest absolute Gasteiger partial charge is 0.255 e. The van der Waals surface area contributed by atoms with Crippen LogP contribution >= 0.6 is 11.8 Å². The Labute approximate surface area is 117 Å². The number of hydrogen-bond donors (Lipinski definition) is 1. The fourth-order valence-corrected chi connectivity index (χ4v) is 3.00. The second kappa shape index (κ2) is 6.60. The third-order valence-electron chi connectivity index (χ3n) is 2.88. The molecule has 1 unspecified atom stereocenters. The fraction of sp³-hybridized carbons (Fsp3) is 0.429. The van der Waals surface area contributed by atoms with E-state index in [-0.39, 0.29) is 12.5 Å². The summed E-state index contributed by atoms with van der Waals surface area (Å²) in [5, 5.41) is 9.21. The minimum absolute atomic E-state index is 0.00297. The van der Waals surface area contributed by atoms with Crippen LogP contribution in [0.4, 0.5) is 0 Å². The van der Waals surface area contributed by atoms with E-state index in [9.17, 15) is 4.79 Å². The van der Waals surface area contributed by atoms with Gasteiger partial charge in [0.25, 0.3) is 5.91 Å². The van der Waals surface area contributed by atoms with Crippen LogP contribution in [-0.4, -0.2) is 51.6 Å². The number of pyridine rings is 1. The Morgan fingerprint density at radius 1 is 1.68 bits per heavy atom. The maximum Gasteiger partial charge on any atom is 0.255 e. The van der Waals surface area contributed by atoms with Crippen molar-refractivity contribution in [1.29, 1.82) is 0 Å². The van der Waals surface area contributed by atoms with Gasteiger partial charge in [0.1, 0.15) is 6.61 Å². The number of carbonyl (C=O) groups is 1. The Balaban J connectivity index is 2.23. The van der Waals surface area contributed by atoms with Crippen LogP contribution in [0.15, 0.2) is 18.5 Å². The lowest BCUT2D eigenvalue weighted by molar-refractivity contribution is 0.0762. The average molecular weight is 276 g/mol. The molecule has 1 aliphatic heterocycles. The quantitative estimate of drug-likeness (QED) is 0.778. The summed E-state index contributed by atoms with van der Waals surface area (Å²) < 4.78 is 0. The molecule has 2 rings (SSSR count). The highest BCUT2D eigenvalue weighted by atomic mass is 32.2. The van der Waals surface area contributed by atoms with Crippen molar-refractivity contribution in [3.63, 3.8) is 0 Å². The van der Waals surface area contributed by atoms with Gasteiger partial charge in [-0.15, -0.1) is 0 Å². The molecule has 1 aromatic heterocycles. The van der Waals surface area contributed by atoms with Gasteiger partial charge in [-0.3, -0.25) is 9.78 Å². The van der Waals surface area contributed by atoms with Crippen molar-refractivity contribution in [2.45, 2.75) is 12.2 Å². The predicted molar refractivity (Wildman–Crippen MR) is 76.0 cm³/mol. The Morgan fingerprint density at radius 2 is 2.53 bits per heavy atom. The standard InChI is InChI=1S/C14H16N2O2S/c1-11-10-16(6-8-19-11)14(18)13-4-5-15-9-12(13)3-2-7-17/h4-5,9,11,17H,6-8,10H2,1H3. The maximum atomic E-state index is 12.5. The molecular formula is C14H16N2O2S. The van der Waals surface area contributed by atoms with Crippen molar-refractivity contribution in [1.82, 2.24) is 9.88 Å². The summed E-state index contributed by atoms with van der Waals surface area (Å²) in [5.74, 6) is 6.31. The monoisotopic (exact) mass is 276 g/mol. The number of aliphatic hydroxyl groups is 1. The number of hydrogen-bond acceptors (Lipinski definition) is 4. The van der Waals surface area contributed by atoms with Crippen LogP contribution in [0.3, 0.4) is 0 Å². The highest BCUT2D eigenvalue weighted by Gasteiger charge is 2.23. The summed E-state index contributed by atoms with van der Waals surface area (Å²) in [7, 11) is 0. The minimum Gasteiger partial charge on any atom is -0.384 e. The molecule has 1 aliphatic rings. The zero-order valence-corrected chi connectivity index (χ0v) is 11.6. The molecule has 1 amide bonds. The lowest BCUT2D eigenvalue weighted by Gasteiger charge is -2.30. The molecule has 1 atom stereocenters. The Kier molecular flexibility index (Phi) is 4.83. The number of thioether (sulfide) groups is 1. The van der Waals surface area contributed by atoms with Gasteiger partial charge in [-0.25, -0.2) is 0 Å². The predicted octanol–water partition coefficient (Wildman–Crippen LogP) is 1.00. The van der Waals surface area contributed by atoms with Crippen LogP contribution in [0, 0.1) is 11.8 Å². The van der Waals surface area contributed by atoms with E-state index in [1.807, 2.05) is 16.7 Å². The number of rotatable bonds is 1. The number of aromatic nitrogens is 1. The molecule has 4 nitrogen and oxygen atoms in total. The number of nitrogens with zero attached hydrogens (tertiary/aromatic N) is 2. The number of aliphatic hydroxyl groups excluding tert-OH is 1. The summed E-state index contributed by atoms with van der Waals surface area (Å²) in [6, 6.07) is 1.69. The van der Waals surface area contributed by atoms with Crippen molar-refractivity contribution < 1.29 is 9.90 Å². The Morgan fingerprint density at radius 3 is 3.26 bits per heavy atom. The first-order valence-corrected chi connectivity index (χ1v) is 7.22. The van der Waals surface area contributed by atoms with Crippen LogP contribution in [0.1, 0.15) is 22.8 Å². The SMILES string of the molecule is CC1CN(C(=O)c2ccncc2C#CCO)CCS1. The van der Waals surface area contributed by atoms with Gasteiger partial charge in [0.2, 0.25) is 0 Å². The lowest BCUT2D eigenvalue weighted by atomic mass is 10.1. The summed E-state index contributed by atoms with van der Waals surface area (Å²) >= 11 is 1.89. The number of amides is 1. The van der Waals surface area contributed by atoms with Crippen LogP contribution in [0.25, 0.3) is 0 Å². The van der Waals surface area contributed by atoms with Gasteiger partial charge in [-0.1, -0.05) is 18.8 Å². The minimum atomic E-state index is -0.222. The topological polar surface area (TPSA) is 53.4 Å².